The Morgan fingerprint density at radius 1 is 1.07 bits per heavy atom. The molecule has 11 heteroatoms. The van der Waals surface area contributed by atoms with Crippen molar-refractivity contribution in [1.82, 2.24) is 0 Å². The van der Waals surface area contributed by atoms with Gasteiger partial charge in [0.25, 0.3) is 0 Å². The number of hydrogen-bond donors (Lipinski definition) is 1. The molecular formula is C16H13F5N2O3S. The molecule has 0 aliphatic rings. The first kappa shape index (κ1) is 20.6. The lowest BCUT2D eigenvalue weighted by Gasteiger charge is -2.22. The van der Waals surface area contributed by atoms with E-state index in [4.69, 9.17) is 0 Å². The number of anilines is 2. The van der Waals surface area contributed by atoms with Crippen molar-refractivity contribution in [2.75, 3.05) is 22.4 Å². The van der Waals surface area contributed by atoms with Crippen molar-refractivity contribution in [3.8, 4) is 0 Å². The Labute approximate surface area is 151 Å². The van der Waals surface area contributed by atoms with Crippen LogP contribution in [0.5, 0.6) is 0 Å². The van der Waals surface area contributed by atoms with Gasteiger partial charge in [-0.1, -0.05) is 12.1 Å². The molecule has 5 nitrogen and oxygen atoms in total. The van der Waals surface area contributed by atoms with Gasteiger partial charge < -0.3 is 5.32 Å². The van der Waals surface area contributed by atoms with Crippen LogP contribution in [0.15, 0.2) is 42.5 Å². The van der Waals surface area contributed by atoms with Crippen LogP contribution in [0.4, 0.5) is 33.3 Å². The lowest BCUT2D eigenvalue weighted by Crippen LogP contribution is -2.37. The van der Waals surface area contributed by atoms with E-state index in [2.05, 4.69) is 0 Å². The maximum Gasteiger partial charge on any atom is 0.418 e. The standard InChI is InChI=1S/C16H13F5N2O3S/c1-27(25,26)23(10-6-7-12(17)13(18)8-10)9-15(24)22-14-5-3-2-4-11(14)16(19,20)21/h2-8H,9H2,1H3,(H,22,24). The molecule has 27 heavy (non-hydrogen) atoms. The quantitative estimate of drug-likeness (QED) is 0.772. The maximum absolute atomic E-state index is 13.4. The van der Waals surface area contributed by atoms with E-state index in [0.717, 1.165) is 24.3 Å². The first-order chi connectivity index (χ1) is 12.4. The number of halogens is 5. The van der Waals surface area contributed by atoms with E-state index in [-0.39, 0.29) is 5.69 Å². The summed E-state index contributed by atoms with van der Waals surface area (Å²) in [6.07, 6.45) is -4.02. The largest absolute Gasteiger partial charge is 0.418 e. The summed E-state index contributed by atoms with van der Waals surface area (Å²) in [6, 6.07) is 6.29. The van der Waals surface area contributed by atoms with Crippen molar-refractivity contribution in [3.05, 3.63) is 59.7 Å². The van der Waals surface area contributed by atoms with Crippen LogP contribution in [-0.2, 0) is 21.0 Å². The summed E-state index contributed by atoms with van der Waals surface area (Å²) in [7, 11) is -4.11. The van der Waals surface area contributed by atoms with Crippen molar-refractivity contribution in [3.63, 3.8) is 0 Å². The molecule has 0 radical (unpaired) electrons. The lowest BCUT2D eigenvalue weighted by molar-refractivity contribution is -0.137. The molecule has 0 spiro atoms. The second-order valence-corrected chi connectivity index (χ2v) is 7.37. The van der Waals surface area contributed by atoms with Crippen LogP contribution in [0, 0.1) is 11.6 Å². The number of alkyl halides is 3. The monoisotopic (exact) mass is 408 g/mol. The van der Waals surface area contributed by atoms with E-state index < -0.39 is 51.5 Å². The van der Waals surface area contributed by atoms with E-state index in [0.29, 0.717) is 22.7 Å². The third kappa shape index (κ3) is 5.16. The van der Waals surface area contributed by atoms with Crippen LogP contribution >= 0.6 is 0 Å². The van der Waals surface area contributed by atoms with Gasteiger partial charge in [-0.15, -0.1) is 0 Å². The number of rotatable bonds is 5. The van der Waals surface area contributed by atoms with Gasteiger partial charge in [-0.05, 0) is 24.3 Å². The first-order valence-electron chi connectivity index (χ1n) is 7.28. The van der Waals surface area contributed by atoms with Crippen molar-refractivity contribution in [1.29, 1.82) is 0 Å². The fourth-order valence-electron chi connectivity index (χ4n) is 2.20. The molecule has 0 atom stereocenters. The molecule has 146 valence electrons. The van der Waals surface area contributed by atoms with Gasteiger partial charge in [0.15, 0.2) is 11.6 Å². The molecule has 0 saturated heterocycles. The number of nitrogens with one attached hydrogen (secondary N) is 1. The lowest BCUT2D eigenvalue weighted by atomic mass is 10.1. The smallest absolute Gasteiger partial charge is 0.324 e. The SMILES string of the molecule is CS(=O)(=O)N(CC(=O)Nc1ccccc1C(F)(F)F)c1ccc(F)c(F)c1. The van der Waals surface area contributed by atoms with Crippen molar-refractivity contribution in [2.45, 2.75) is 6.18 Å². The van der Waals surface area contributed by atoms with Gasteiger partial charge >= 0.3 is 6.18 Å². The molecule has 0 fully saturated rings. The Morgan fingerprint density at radius 3 is 2.26 bits per heavy atom. The average Bonchev–Trinajstić information content (AvgIpc) is 2.54. The molecule has 0 unspecified atom stereocenters. The number of carbonyl (C=O) groups is 1. The predicted molar refractivity (Wildman–Crippen MR) is 88.6 cm³/mol. The van der Waals surface area contributed by atoms with Crippen LogP contribution in [0.1, 0.15) is 5.56 Å². The molecule has 0 saturated carbocycles. The topological polar surface area (TPSA) is 66.5 Å². The highest BCUT2D eigenvalue weighted by molar-refractivity contribution is 7.92. The molecule has 0 aliphatic heterocycles. The Hall–Kier alpha value is -2.69. The molecule has 0 bridgehead atoms. The van der Waals surface area contributed by atoms with Crippen LogP contribution in [0.3, 0.4) is 0 Å². The number of carbonyl (C=O) groups excluding carboxylic acids is 1. The number of benzene rings is 2. The molecule has 1 N–H and O–H groups in total. The summed E-state index contributed by atoms with van der Waals surface area (Å²) < 4.78 is 89.5. The Bertz CT molecular complexity index is 961. The second kappa shape index (κ2) is 7.51. The van der Waals surface area contributed by atoms with E-state index in [9.17, 15) is 35.2 Å². The van der Waals surface area contributed by atoms with E-state index in [1.165, 1.54) is 6.07 Å². The van der Waals surface area contributed by atoms with Gasteiger partial charge in [-0.3, -0.25) is 9.10 Å². The van der Waals surface area contributed by atoms with E-state index in [1.54, 1.807) is 0 Å². The maximum atomic E-state index is 13.4. The van der Waals surface area contributed by atoms with Gasteiger partial charge in [0.2, 0.25) is 15.9 Å². The summed E-state index contributed by atoms with van der Waals surface area (Å²) in [5.74, 6) is -3.67. The van der Waals surface area contributed by atoms with Crippen molar-refractivity contribution >= 4 is 27.3 Å². The van der Waals surface area contributed by atoms with E-state index >= 15 is 0 Å². The zero-order valence-corrected chi connectivity index (χ0v) is 14.5. The second-order valence-electron chi connectivity index (χ2n) is 5.46. The van der Waals surface area contributed by atoms with Gasteiger partial charge in [-0.2, -0.15) is 13.2 Å². The highest BCUT2D eigenvalue weighted by atomic mass is 32.2. The summed E-state index contributed by atoms with van der Waals surface area (Å²) >= 11 is 0. The van der Waals surface area contributed by atoms with Crippen LogP contribution in [0.2, 0.25) is 0 Å². The number of sulfonamides is 1. The zero-order valence-electron chi connectivity index (χ0n) is 13.7. The zero-order chi connectivity index (χ0) is 20.4. The fraction of sp³-hybridized carbons (Fsp3) is 0.188. The Kier molecular flexibility index (Phi) is 5.73. The van der Waals surface area contributed by atoms with Crippen molar-refractivity contribution < 1.29 is 35.2 Å². The predicted octanol–water partition coefficient (Wildman–Crippen LogP) is 3.39. The molecule has 2 aromatic carbocycles. The first-order valence-corrected chi connectivity index (χ1v) is 9.13. The average molecular weight is 408 g/mol. The molecule has 0 heterocycles. The van der Waals surface area contributed by atoms with Gasteiger partial charge in [-0.25, -0.2) is 17.2 Å². The van der Waals surface area contributed by atoms with Crippen molar-refractivity contribution in [2.24, 2.45) is 0 Å². The van der Waals surface area contributed by atoms with Crippen LogP contribution in [-0.4, -0.2) is 27.1 Å². The van der Waals surface area contributed by atoms with E-state index in [1.807, 2.05) is 5.32 Å². The normalized spacial score (nSPS) is 11.9. The van der Waals surface area contributed by atoms with Gasteiger partial charge in [0, 0.05) is 6.07 Å². The highest BCUT2D eigenvalue weighted by Crippen LogP contribution is 2.34. The third-order valence-corrected chi connectivity index (χ3v) is 4.53. The minimum absolute atomic E-state index is 0.351. The number of para-hydroxylation sites is 1. The molecule has 0 aliphatic carbocycles. The minimum Gasteiger partial charge on any atom is -0.324 e. The summed E-state index contributed by atoms with van der Waals surface area (Å²) in [6.45, 7) is -0.934. The fourth-order valence-corrected chi connectivity index (χ4v) is 3.05. The van der Waals surface area contributed by atoms with Crippen LogP contribution in [0.25, 0.3) is 0 Å². The summed E-state index contributed by atoms with van der Waals surface area (Å²) in [5.41, 5.74) is -2.03. The van der Waals surface area contributed by atoms with Gasteiger partial charge in [0.1, 0.15) is 6.54 Å². The molecule has 2 aromatic rings. The Morgan fingerprint density at radius 2 is 1.70 bits per heavy atom. The Balaban J connectivity index is 2.30. The molecule has 1 amide bonds. The number of amides is 1. The third-order valence-electron chi connectivity index (χ3n) is 3.39. The number of nitrogens with zero attached hydrogens (tertiary/aromatic N) is 1. The molecule has 2 rings (SSSR count). The van der Waals surface area contributed by atoms with Crippen LogP contribution < -0.4 is 9.62 Å². The van der Waals surface area contributed by atoms with Gasteiger partial charge in [0.05, 0.1) is 23.2 Å². The molecular weight excluding hydrogens is 395 g/mol. The highest BCUT2D eigenvalue weighted by Gasteiger charge is 2.34. The summed E-state index contributed by atoms with van der Waals surface area (Å²) in [4.78, 5) is 12.1. The summed E-state index contributed by atoms with van der Waals surface area (Å²) in [5, 5.41) is 1.98. The number of hydrogen-bond acceptors (Lipinski definition) is 3. The molecule has 0 aromatic heterocycles. The minimum atomic E-state index is -4.74.